The van der Waals surface area contributed by atoms with Crippen LogP contribution < -0.4 is 11.1 Å². The molecule has 162 valence electrons. The summed E-state index contributed by atoms with van der Waals surface area (Å²) >= 11 is 0. The van der Waals surface area contributed by atoms with Gasteiger partial charge in [-0.25, -0.2) is 4.98 Å². The number of fused-ring (bicyclic) bond motifs is 2. The van der Waals surface area contributed by atoms with Crippen LogP contribution in [0.1, 0.15) is 27.9 Å². The number of carbonyl (C=O) groups is 1. The van der Waals surface area contributed by atoms with E-state index in [4.69, 9.17) is 5.73 Å². The van der Waals surface area contributed by atoms with Gasteiger partial charge in [-0.05, 0) is 60.2 Å². The quantitative estimate of drug-likeness (QED) is 0.625. The zero-order chi connectivity index (χ0) is 22.0. The fourth-order valence-electron chi connectivity index (χ4n) is 5.70. The number of piperidine rings is 1. The van der Waals surface area contributed by atoms with Crippen LogP contribution in [0.4, 0.5) is 10.2 Å². The summed E-state index contributed by atoms with van der Waals surface area (Å²) in [4.78, 5) is 18.4. The zero-order valence-electron chi connectivity index (χ0n) is 18.0. The fraction of sp³-hybridized carbons (Fsp3) is 0.308. The van der Waals surface area contributed by atoms with E-state index in [9.17, 15) is 9.18 Å². The van der Waals surface area contributed by atoms with Crippen molar-refractivity contribution in [3.8, 4) is 22.3 Å². The second-order valence-electron chi connectivity index (χ2n) is 9.47. The predicted octanol–water partition coefficient (Wildman–Crippen LogP) is 3.63. The minimum Gasteiger partial charge on any atom is -0.383 e. The van der Waals surface area contributed by atoms with Crippen molar-refractivity contribution in [1.82, 2.24) is 15.2 Å². The number of amides is 1. The normalized spacial score (nSPS) is 24.1. The Labute approximate surface area is 186 Å². The predicted molar refractivity (Wildman–Crippen MR) is 123 cm³/mol. The molecule has 3 N–H and O–H groups in total. The van der Waals surface area contributed by atoms with Gasteiger partial charge in [-0.3, -0.25) is 4.79 Å². The molecule has 2 aliphatic heterocycles. The third-order valence-electron chi connectivity index (χ3n) is 7.43. The molecule has 0 bridgehead atoms. The highest BCUT2D eigenvalue weighted by molar-refractivity contribution is 5.97. The van der Waals surface area contributed by atoms with Crippen LogP contribution in [0.2, 0.25) is 0 Å². The summed E-state index contributed by atoms with van der Waals surface area (Å²) in [6.45, 7) is 2.86. The number of aromatic nitrogens is 1. The van der Waals surface area contributed by atoms with E-state index in [2.05, 4.69) is 34.4 Å². The Morgan fingerprint density at radius 3 is 2.62 bits per heavy atom. The molecular formula is C26H25FN4O. The molecule has 1 saturated carbocycles. The highest BCUT2D eigenvalue weighted by atomic mass is 19.1. The molecule has 2 unspecified atom stereocenters. The van der Waals surface area contributed by atoms with E-state index in [1.807, 2.05) is 24.3 Å². The first kappa shape index (κ1) is 19.4. The molecule has 3 aromatic rings. The van der Waals surface area contributed by atoms with Gasteiger partial charge < -0.3 is 16.0 Å². The standard InChI is InChI=1S/C26H25FN4O/c1-31-13-19-12-26(19,14-31)18-5-2-15(3-6-18)21-11-22(24(28)30-23(21)27)16-4-7-20-17(10-16)8-9-29-25(20)32/h2-7,10-11,19H,8-9,12-14H2,1H3,(H2,28,30)(H,29,32). The fourth-order valence-corrected chi connectivity index (χ4v) is 5.70. The summed E-state index contributed by atoms with van der Waals surface area (Å²) in [5.74, 6) is 0.261. The second kappa shape index (κ2) is 6.87. The van der Waals surface area contributed by atoms with E-state index >= 15 is 0 Å². The topological polar surface area (TPSA) is 71.2 Å². The van der Waals surface area contributed by atoms with Crippen LogP contribution in [0.5, 0.6) is 0 Å². The average molecular weight is 429 g/mol. The molecule has 1 aromatic heterocycles. The van der Waals surface area contributed by atoms with Crippen LogP contribution in [0.3, 0.4) is 0 Å². The molecule has 2 aromatic carbocycles. The van der Waals surface area contributed by atoms with Gasteiger partial charge in [-0.1, -0.05) is 36.4 Å². The second-order valence-corrected chi connectivity index (χ2v) is 9.47. The minimum atomic E-state index is -0.570. The van der Waals surface area contributed by atoms with Crippen LogP contribution in [0.15, 0.2) is 48.5 Å². The number of nitrogens with zero attached hydrogens (tertiary/aromatic N) is 2. The van der Waals surface area contributed by atoms with Gasteiger partial charge in [0.25, 0.3) is 5.91 Å². The number of anilines is 1. The zero-order valence-corrected chi connectivity index (χ0v) is 18.0. The Balaban J connectivity index is 1.36. The number of hydrogen-bond donors (Lipinski definition) is 2. The molecule has 0 radical (unpaired) electrons. The van der Waals surface area contributed by atoms with Crippen molar-refractivity contribution in [2.24, 2.45) is 5.92 Å². The van der Waals surface area contributed by atoms with Gasteiger partial charge in [0.15, 0.2) is 0 Å². The molecule has 3 aliphatic rings. The van der Waals surface area contributed by atoms with E-state index in [0.717, 1.165) is 42.1 Å². The molecule has 32 heavy (non-hydrogen) atoms. The van der Waals surface area contributed by atoms with Crippen LogP contribution in [-0.2, 0) is 11.8 Å². The van der Waals surface area contributed by atoms with Crippen molar-refractivity contribution in [2.75, 3.05) is 32.4 Å². The Kier molecular flexibility index (Phi) is 4.17. The number of likely N-dealkylation sites (tertiary alicyclic amines) is 1. The van der Waals surface area contributed by atoms with Crippen LogP contribution in [0, 0.1) is 11.9 Å². The summed E-state index contributed by atoms with van der Waals surface area (Å²) < 4.78 is 14.8. The monoisotopic (exact) mass is 428 g/mol. The summed E-state index contributed by atoms with van der Waals surface area (Å²) in [5, 5.41) is 2.85. The molecule has 1 aliphatic carbocycles. The van der Waals surface area contributed by atoms with Gasteiger partial charge in [-0.2, -0.15) is 4.39 Å². The molecule has 3 heterocycles. The maximum absolute atomic E-state index is 14.8. The van der Waals surface area contributed by atoms with Crippen LogP contribution in [0.25, 0.3) is 22.3 Å². The molecular weight excluding hydrogens is 403 g/mol. The maximum Gasteiger partial charge on any atom is 0.251 e. The molecule has 5 nitrogen and oxygen atoms in total. The van der Waals surface area contributed by atoms with Crippen molar-refractivity contribution in [1.29, 1.82) is 0 Å². The summed E-state index contributed by atoms with van der Waals surface area (Å²) in [5.41, 5.74) is 12.1. The number of nitrogen functional groups attached to an aromatic ring is 1. The number of benzene rings is 2. The SMILES string of the molecule is CN1CC2CC2(c2ccc(-c3cc(-c4ccc5c(c4)CCNC5=O)c(N)nc3F)cc2)C1. The first-order valence-electron chi connectivity index (χ1n) is 11.1. The van der Waals surface area contributed by atoms with Gasteiger partial charge in [0.1, 0.15) is 5.82 Å². The maximum atomic E-state index is 14.8. The number of nitrogens with two attached hydrogens (primary N) is 1. The molecule has 1 amide bonds. The Hall–Kier alpha value is -3.25. The van der Waals surface area contributed by atoms with E-state index in [0.29, 0.717) is 23.2 Å². The van der Waals surface area contributed by atoms with Crippen molar-refractivity contribution in [3.05, 3.63) is 71.2 Å². The molecule has 0 spiro atoms. The van der Waals surface area contributed by atoms with Crippen molar-refractivity contribution >= 4 is 11.7 Å². The number of halogens is 1. The van der Waals surface area contributed by atoms with Crippen LogP contribution in [-0.4, -0.2) is 42.5 Å². The van der Waals surface area contributed by atoms with Gasteiger partial charge in [0.05, 0.1) is 0 Å². The number of nitrogens with one attached hydrogen (secondary N) is 1. The highest BCUT2D eigenvalue weighted by Gasteiger charge is 2.59. The average Bonchev–Trinajstić information content (AvgIpc) is 3.36. The smallest absolute Gasteiger partial charge is 0.251 e. The van der Waals surface area contributed by atoms with Gasteiger partial charge in [0.2, 0.25) is 5.95 Å². The number of carbonyl (C=O) groups excluding carboxylic acids is 1. The molecule has 2 fully saturated rings. The lowest BCUT2D eigenvalue weighted by Gasteiger charge is -2.18. The van der Waals surface area contributed by atoms with E-state index in [-0.39, 0.29) is 17.1 Å². The number of hydrogen-bond acceptors (Lipinski definition) is 4. The van der Waals surface area contributed by atoms with Gasteiger partial charge in [-0.15, -0.1) is 0 Å². The molecule has 6 rings (SSSR count). The van der Waals surface area contributed by atoms with E-state index < -0.39 is 5.95 Å². The third-order valence-corrected chi connectivity index (χ3v) is 7.43. The molecule has 2 atom stereocenters. The Morgan fingerprint density at radius 1 is 1.09 bits per heavy atom. The van der Waals surface area contributed by atoms with E-state index in [1.54, 1.807) is 12.1 Å². The van der Waals surface area contributed by atoms with E-state index in [1.165, 1.54) is 12.0 Å². The largest absolute Gasteiger partial charge is 0.383 e. The lowest BCUT2D eigenvalue weighted by atomic mass is 9.92. The first-order chi connectivity index (χ1) is 15.4. The lowest BCUT2D eigenvalue weighted by Crippen LogP contribution is -2.31. The van der Waals surface area contributed by atoms with Crippen molar-refractivity contribution in [2.45, 2.75) is 18.3 Å². The van der Waals surface area contributed by atoms with Crippen LogP contribution >= 0.6 is 0 Å². The van der Waals surface area contributed by atoms with Crippen molar-refractivity contribution in [3.63, 3.8) is 0 Å². The third kappa shape index (κ3) is 2.93. The summed E-state index contributed by atoms with van der Waals surface area (Å²) in [6, 6.07) is 15.7. The number of pyridine rings is 1. The molecule has 1 saturated heterocycles. The lowest BCUT2D eigenvalue weighted by molar-refractivity contribution is 0.0946. The highest BCUT2D eigenvalue weighted by Crippen LogP contribution is 2.58. The van der Waals surface area contributed by atoms with Gasteiger partial charge >= 0.3 is 0 Å². The first-order valence-corrected chi connectivity index (χ1v) is 11.1. The summed E-state index contributed by atoms with van der Waals surface area (Å²) in [6.07, 6.45) is 2.00. The van der Waals surface area contributed by atoms with Gasteiger partial charge in [0, 0.05) is 41.7 Å². The Morgan fingerprint density at radius 2 is 1.88 bits per heavy atom. The Bertz CT molecular complexity index is 1260. The number of rotatable bonds is 3. The minimum absolute atomic E-state index is 0.0605. The molecule has 6 heteroatoms. The number of likely N-dealkylation sites (N-methyl/N-ethyl adjacent to an activating group) is 1. The van der Waals surface area contributed by atoms with Crippen molar-refractivity contribution < 1.29 is 9.18 Å². The summed E-state index contributed by atoms with van der Waals surface area (Å²) in [7, 11) is 2.17.